The van der Waals surface area contributed by atoms with E-state index in [9.17, 15) is 0 Å². The first-order valence-electron chi connectivity index (χ1n) is 1.49. The van der Waals surface area contributed by atoms with Gasteiger partial charge in [-0.2, -0.15) is 0 Å². The van der Waals surface area contributed by atoms with Crippen molar-refractivity contribution in [3.05, 3.63) is 0 Å². The number of carbonyl (C=O) groups excluding carboxylic acids is 1. The number of carboxylic acid groups (broad SMARTS) is 2. The second-order valence-electron chi connectivity index (χ2n) is 0.824. The number of hydrogen-bond donors (Lipinski definition) is 3. The monoisotopic (exact) mass is 224 g/mol. The van der Waals surface area contributed by atoms with Crippen LogP contribution in [0.15, 0.2) is 0 Å². The van der Waals surface area contributed by atoms with E-state index in [1.807, 2.05) is 0 Å². The standard InChI is InChI=1S/CH2O3.3Na.H3O4Si/c2-1(3)4;;;;1-5(2,3)4/h(H2,2,3,4);;;;1-3H/q;3*+1;-1/p-2. The summed E-state index contributed by atoms with van der Waals surface area (Å²) in [5, 5.41) is 16.7. The Morgan fingerprint density at radius 3 is 1.00 bits per heavy atom. The minimum absolute atomic E-state index is 0. The molecule has 0 aromatic heterocycles. The molecular weight excluding hydrogens is 221 g/mol. The van der Waals surface area contributed by atoms with E-state index in [1.54, 1.807) is 0 Å². The quantitative estimate of drug-likeness (QED) is 0.346. The van der Waals surface area contributed by atoms with Crippen LogP contribution in [0.25, 0.3) is 0 Å². The van der Waals surface area contributed by atoms with Crippen LogP contribution < -0.4 is 104 Å². The second kappa shape index (κ2) is 15.8. The van der Waals surface area contributed by atoms with Gasteiger partial charge in [-0.15, -0.1) is 0 Å². The van der Waals surface area contributed by atoms with Crippen LogP contribution in [0.2, 0.25) is 0 Å². The van der Waals surface area contributed by atoms with Crippen molar-refractivity contribution in [2.45, 2.75) is 0 Å². The zero-order chi connectivity index (χ0) is 8.08. The van der Waals surface area contributed by atoms with Gasteiger partial charge < -0.3 is 34.2 Å². The molecule has 0 saturated carbocycles. The molecule has 3 N–H and O–H groups in total. The molecule has 0 amide bonds. The summed E-state index contributed by atoms with van der Waals surface area (Å²) < 4.78 is 0. The fourth-order valence-corrected chi connectivity index (χ4v) is 0. The van der Waals surface area contributed by atoms with E-state index in [0.29, 0.717) is 0 Å². The first-order chi connectivity index (χ1) is 3.73. The number of rotatable bonds is 0. The first-order valence-corrected chi connectivity index (χ1v) is 3.24. The molecule has 0 aliphatic heterocycles. The minimum atomic E-state index is -4.86. The molecule has 0 rings (SSSR count). The van der Waals surface area contributed by atoms with Crippen LogP contribution in [0.3, 0.4) is 0 Å². The van der Waals surface area contributed by atoms with Gasteiger partial charge in [0.25, 0.3) is 0 Å². The maximum absolute atomic E-state index is 8.91. The van der Waals surface area contributed by atoms with Crippen molar-refractivity contribution in [1.82, 2.24) is 0 Å². The van der Waals surface area contributed by atoms with Crippen LogP contribution >= 0.6 is 0 Å². The van der Waals surface area contributed by atoms with Gasteiger partial charge >= 0.3 is 97.7 Å². The predicted molar refractivity (Wildman–Crippen MR) is 17.8 cm³/mol. The van der Waals surface area contributed by atoms with Crippen LogP contribution in [0.4, 0.5) is 4.79 Å². The van der Waals surface area contributed by atoms with E-state index in [4.69, 9.17) is 34.2 Å². The molecule has 0 saturated heterocycles. The fraction of sp³-hybridized carbons (Fsp3) is 0. The smallest absolute Gasteiger partial charge is 0.794 e. The molecular formula is CH3Na3O7Si. The van der Waals surface area contributed by atoms with Crippen LogP contribution in [0, 0.1) is 0 Å². The predicted octanol–water partition coefficient (Wildman–Crippen LogP) is -14.7. The molecule has 0 bridgehead atoms. The van der Waals surface area contributed by atoms with E-state index in [0.717, 1.165) is 0 Å². The van der Waals surface area contributed by atoms with E-state index >= 15 is 0 Å². The molecule has 0 radical (unpaired) electrons. The molecule has 0 heterocycles. The van der Waals surface area contributed by atoms with Crippen molar-refractivity contribution in [3.63, 3.8) is 0 Å². The summed E-state index contributed by atoms with van der Waals surface area (Å²) in [6.07, 6.45) is -2.33. The van der Waals surface area contributed by atoms with Crippen molar-refractivity contribution < 1.29 is 123 Å². The van der Waals surface area contributed by atoms with Crippen molar-refractivity contribution >= 4 is 15.2 Å². The van der Waals surface area contributed by atoms with Crippen molar-refractivity contribution in [1.29, 1.82) is 0 Å². The molecule has 0 aliphatic rings. The third-order valence-electron chi connectivity index (χ3n) is 0. The van der Waals surface area contributed by atoms with E-state index in [2.05, 4.69) is 0 Å². The van der Waals surface area contributed by atoms with Crippen molar-refractivity contribution in [2.24, 2.45) is 0 Å². The summed E-state index contributed by atoms with van der Waals surface area (Å²) in [7, 11) is -4.86. The van der Waals surface area contributed by atoms with Gasteiger partial charge in [-0.3, -0.25) is 0 Å². The fourth-order valence-electron chi connectivity index (χ4n) is 0. The summed E-state index contributed by atoms with van der Waals surface area (Å²) >= 11 is 0. The topological polar surface area (TPSA) is 147 Å². The van der Waals surface area contributed by atoms with Gasteiger partial charge in [0, 0.05) is 0 Å². The summed E-state index contributed by atoms with van der Waals surface area (Å²) in [6.45, 7) is 0. The number of hydrogen-bond acceptors (Lipinski definition) is 7. The van der Waals surface area contributed by atoms with E-state index in [-0.39, 0.29) is 88.7 Å². The Kier molecular flexibility index (Phi) is 38.5. The Morgan fingerprint density at radius 2 is 1.00 bits per heavy atom. The Balaban J connectivity index is -0.0000000221. The van der Waals surface area contributed by atoms with Gasteiger partial charge in [0.1, 0.15) is 0 Å². The Morgan fingerprint density at radius 1 is 1.00 bits per heavy atom. The summed E-state index contributed by atoms with van der Waals surface area (Å²) in [4.78, 5) is 38.9. The van der Waals surface area contributed by atoms with Gasteiger partial charge in [-0.1, -0.05) is 0 Å². The Labute approximate surface area is 136 Å². The molecule has 0 aromatic rings. The van der Waals surface area contributed by atoms with Crippen LogP contribution in [0.5, 0.6) is 0 Å². The third kappa shape index (κ3) is 292. The van der Waals surface area contributed by atoms with E-state index < -0.39 is 15.2 Å². The average Bonchev–Trinajstić information content (AvgIpc) is 1.19. The third-order valence-corrected chi connectivity index (χ3v) is 0. The second-order valence-corrected chi connectivity index (χ2v) is 1.97. The average molecular weight is 224 g/mol. The van der Waals surface area contributed by atoms with Crippen molar-refractivity contribution in [2.75, 3.05) is 0 Å². The van der Waals surface area contributed by atoms with Crippen LogP contribution in [0.1, 0.15) is 0 Å². The van der Waals surface area contributed by atoms with Gasteiger partial charge in [-0.05, 0) is 6.16 Å². The normalized spacial score (nSPS) is 7.00. The van der Waals surface area contributed by atoms with Gasteiger partial charge in [0.2, 0.25) is 0 Å². The molecule has 0 atom stereocenters. The molecule has 12 heavy (non-hydrogen) atoms. The number of carbonyl (C=O) groups is 1. The van der Waals surface area contributed by atoms with E-state index in [1.165, 1.54) is 0 Å². The zero-order valence-electron chi connectivity index (χ0n) is 6.97. The van der Waals surface area contributed by atoms with Crippen LogP contribution in [-0.4, -0.2) is 29.6 Å². The molecule has 0 fully saturated rings. The van der Waals surface area contributed by atoms with Gasteiger partial charge in [0.05, 0.1) is 0 Å². The summed E-state index contributed by atoms with van der Waals surface area (Å²) in [6, 6.07) is 0. The largest absolute Gasteiger partial charge is 1.00 e. The summed E-state index contributed by atoms with van der Waals surface area (Å²) in [5.41, 5.74) is 0. The minimum Gasteiger partial charge on any atom is -0.794 e. The van der Waals surface area contributed by atoms with Crippen LogP contribution in [-0.2, 0) is 0 Å². The van der Waals surface area contributed by atoms with Gasteiger partial charge in [0.15, 0.2) is 0 Å². The molecule has 0 aromatic carbocycles. The molecule has 0 spiro atoms. The molecule has 0 unspecified atom stereocenters. The van der Waals surface area contributed by atoms with Crippen molar-refractivity contribution in [3.8, 4) is 0 Å². The Hall–Kier alpha value is 2.33. The molecule has 0 aliphatic carbocycles. The SMILES string of the molecule is O=C([O-])[O-].[Na+].[Na+].[Na+].[O-][Si](O)(O)O. The van der Waals surface area contributed by atoms with Gasteiger partial charge in [-0.25, -0.2) is 0 Å². The maximum Gasteiger partial charge on any atom is 1.00 e. The molecule has 11 heteroatoms. The maximum atomic E-state index is 8.91. The zero-order valence-corrected chi connectivity index (χ0v) is 14.0. The molecule has 56 valence electrons. The molecule has 7 nitrogen and oxygen atoms in total. The first kappa shape index (κ1) is 29.3. The Bertz CT molecular complexity index is 81.1. The summed E-state index contributed by atoms with van der Waals surface area (Å²) in [5.74, 6) is 0.